The molecule has 102 valence electrons. The molecule has 1 atom stereocenters. The van der Waals surface area contributed by atoms with E-state index in [0.29, 0.717) is 0 Å². The Labute approximate surface area is 106 Å². The molecule has 0 aliphatic carbocycles. The van der Waals surface area contributed by atoms with Crippen molar-refractivity contribution in [2.24, 2.45) is 0 Å². The topological polar surface area (TPSA) is 27.7 Å². The number of likely N-dealkylation sites (tertiary alicyclic amines) is 1. The molecule has 17 heavy (non-hydrogen) atoms. The number of rotatable bonds is 9. The average molecular weight is 243 g/mol. The van der Waals surface area contributed by atoms with Gasteiger partial charge in [0.2, 0.25) is 0 Å². The largest absolute Gasteiger partial charge is 0.383 e. The minimum absolute atomic E-state index is 0.773. The SMILES string of the molecule is COCCNCCCCN1CCC(N(C)C)C1. The number of nitrogens with one attached hydrogen (secondary N) is 1. The lowest BCUT2D eigenvalue weighted by atomic mass is 10.2. The molecule has 1 aliphatic rings. The van der Waals surface area contributed by atoms with Gasteiger partial charge in [0.1, 0.15) is 0 Å². The van der Waals surface area contributed by atoms with Crippen LogP contribution in [-0.4, -0.2) is 76.4 Å². The van der Waals surface area contributed by atoms with Crippen LogP contribution in [0.1, 0.15) is 19.3 Å². The van der Waals surface area contributed by atoms with Crippen LogP contribution in [0.2, 0.25) is 0 Å². The number of hydrogen-bond acceptors (Lipinski definition) is 4. The third kappa shape index (κ3) is 6.36. The lowest BCUT2D eigenvalue weighted by Gasteiger charge is -2.20. The van der Waals surface area contributed by atoms with Crippen molar-refractivity contribution in [3.63, 3.8) is 0 Å². The van der Waals surface area contributed by atoms with Crippen LogP contribution in [0.4, 0.5) is 0 Å². The number of likely N-dealkylation sites (N-methyl/N-ethyl adjacent to an activating group) is 1. The van der Waals surface area contributed by atoms with Crippen LogP contribution in [0, 0.1) is 0 Å². The van der Waals surface area contributed by atoms with E-state index >= 15 is 0 Å². The molecule has 1 saturated heterocycles. The van der Waals surface area contributed by atoms with Crippen LogP contribution in [0.15, 0.2) is 0 Å². The number of ether oxygens (including phenoxy) is 1. The zero-order valence-corrected chi connectivity index (χ0v) is 11.7. The van der Waals surface area contributed by atoms with Crippen molar-refractivity contribution in [3.05, 3.63) is 0 Å². The first-order valence-electron chi connectivity index (χ1n) is 6.82. The van der Waals surface area contributed by atoms with E-state index in [1.165, 1.54) is 38.9 Å². The molecule has 0 aromatic rings. The highest BCUT2D eigenvalue weighted by Crippen LogP contribution is 2.13. The third-order valence-electron chi connectivity index (χ3n) is 3.54. The minimum atomic E-state index is 0.773. The number of hydrogen-bond donors (Lipinski definition) is 1. The Morgan fingerprint density at radius 2 is 2.12 bits per heavy atom. The Hall–Kier alpha value is -0.160. The predicted octanol–water partition coefficient (Wildman–Crippen LogP) is 0.639. The standard InChI is InChI=1S/C13H29N3O/c1-15(2)13-6-10-16(12-13)9-5-4-7-14-8-11-17-3/h13-14H,4-12H2,1-3H3. The van der Waals surface area contributed by atoms with Gasteiger partial charge in [-0.1, -0.05) is 0 Å². The monoisotopic (exact) mass is 243 g/mol. The Morgan fingerprint density at radius 1 is 1.29 bits per heavy atom. The molecular formula is C13H29N3O. The second kappa shape index (κ2) is 8.86. The van der Waals surface area contributed by atoms with Crippen molar-refractivity contribution in [2.75, 3.05) is 60.5 Å². The van der Waals surface area contributed by atoms with Crippen LogP contribution in [0.3, 0.4) is 0 Å². The van der Waals surface area contributed by atoms with Gasteiger partial charge in [-0.3, -0.25) is 0 Å². The summed E-state index contributed by atoms with van der Waals surface area (Å²) >= 11 is 0. The van der Waals surface area contributed by atoms with Gasteiger partial charge in [0.25, 0.3) is 0 Å². The van der Waals surface area contributed by atoms with Crippen molar-refractivity contribution in [2.45, 2.75) is 25.3 Å². The van der Waals surface area contributed by atoms with E-state index in [1.54, 1.807) is 7.11 Å². The Balaban J connectivity index is 1.90. The quantitative estimate of drug-likeness (QED) is 0.602. The van der Waals surface area contributed by atoms with E-state index in [9.17, 15) is 0 Å². The highest BCUT2D eigenvalue weighted by Gasteiger charge is 2.22. The molecule has 0 aromatic carbocycles. The highest BCUT2D eigenvalue weighted by molar-refractivity contribution is 4.80. The maximum Gasteiger partial charge on any atom is 0.0587 e. The van der Waals surface area contributed by atoms with Crippen LogP contribution in [-0.2, 0) is 4.74 Å². The van der Waals surface area contributed by atoms with E-state index in [1.807, 2.05) is 0 Å². The molecule has 1 fully saturated rings. The summed E-state index contributed by atoms with van der Waals surface area (Å²) in [4.78, 5) is 4.95. The summed E-state index contributed by atoms with van der Waals surface area (Å²) in [6.45, 7) is 6.70. The first-order chi connectivity index (χ1) is 8.24. The Bertz CT molecular complexity index is 188. The van der Waals surface area contributed by atoms with E-state index in [4.69, 9.17) is 4.74 Å². The zero-order chi connectivity index (χ0) is 12.5. The van der Waals surface area contributed by atoms with Gasteiger partial charge in [-0.15, -0.1) is 0 Å². The van der Waals surface area contributed by atoms with Crippen molar-refractivity contribution < 1.29 is 4.74 Å². The molecule has 0 radical (unpaired) electrons. The normalized spacial score (nSPS) is 21.5. The third-order valence-corrected chi connectivity index (χ3v) is 3.54. The van der Waals surface area contributed by atoms with Gasteiger partial charge in [0.05, 0.1) is 6.61 Å². The summed E-state index contributed by atoms with van der Waals surface area (Å²) < 4.78 is 4.99. The fraction of sp³-hybridized carbons (Fsp3) is 1.00. The Kier molecular flexibility index (Phi) is 7.77. The predicted molar refractivity (Wildman–Crippen MR) is 72.5 cm³/mol. The van der Waals surface area contributed by atoms with Crippen molar-refractivity contribution >= 4 is 0 Å². The Morgan fingerprint density at radius 3 is 2.76 bits per heavy atom. The maximum absolute atomic E-state index is 4.99. The smallest absolute Gasteiger partial charge is 0.0587 e. The van der Waals surface area contributed by atoms with Gasteiger partial charge in [-0.05, 0) is 53.0 Å². The molecule has 0 saturated carbocycles. The second-order valence-electron chi connectivity index (χ2n) is 5.16. The number of unbranched alkanes of at least 4 members (excludes halogenated alkanes) is 1. The van der Waals surface area contributed by atoms with Crippen molar-refractivity contribution in [1.29, 1.82) is 0 Å². The summed E-state index contributed by atoms with van der Waals surface area (Å²) in [5, 5.41) is 3.39. The fourth-order valence-corrected chi connectivity index (χ4v) is 2.32. The van der Waals surface area contributed by atoms with Crippen molar-refractivity contribution in [3.8, 4) is 0 Å². The molecule has 0 aromatic heterocycles. The molecule has 0 amide bonds. The van der Waals surface area contributed by atoms with Gasteiger partial charge in [0, 0.05) is 26.2 Å². The fourth-order valence-electron chi connectivity index (χ4n) is 2.32. The van der Waals surface area contributed by atoms with Crippen LogP contribution >= 0.6 is 0 Å². The molecule has 0 spiro atoms. The number of methoxy groups -OCH3 is 1. The van der Waals surface area contributed by atoms with Gasteiger partial charge in [-0.25, -0.2) is 0 Å². The minimum Gasteiger partial charge on any atom is -0.383 e. The second-order valence-corrected chi connectivity index (χ2v) is 5.16. The molecule has 1 unspecified atom stereocenters. The lowest BCUT2D eigenvalue weighted by Crippen LogP contribution is -2.32. The van der Waals surface area contributed by atoms with Crippen molar-refractivity contribution in [1.82, 2.24) is 15.1 Å². The average Bonchev–Trinajstić information content (AvgIpc) is 2.77. The van der Waals surface area contributed by atoms with Gasteiger partial charge in [-0.2, -0.15) is 0 Å². The zero-order valence-electron chi connectivity index (χ0n) is 11.7. The molecule has 4 nitrogen and oxygen atoms in total. The molecule has 1 rings (SSSR count). The van der Waals surface area contributed by atoms with Gasteiger partial charge >= 0.3 is 0 Å². The number of nitrogens with zero attached hydrogens (tertiary/aromatic N) is 2. The molecule has 1 heterocycles. The van der Waals surface area contributed by atoms with Gasteiger partial charge in [0.15, 0.2) is 0 Å². The molecule has 1 aliphatic heterocycles. The summed E-state index contributed by atoms with van der Waals surface area (Å²) in [6, 6.07) is 0.773. The van der Waals surface area contributed by atoms with E-state index in [2.05, 4.69) is 29.2 Å². The summed E-state index contributed by atoms with van der Waals surface area (Å²) in [6.07, 6.45) is 3.91. The van der Waals surface area contributed by atoms with Gasteiger partial charge < -0.3 is 19.9 Å². The van der Waals surface area contributed by atoms with E-state index in [-0.39, 0.29) is 0 Å². The first-order valence-corrected chi connectivity index (χ1v) is 6.82. The molecule has 1 N–H and O–H groups in total. The summed E-state index contributed by atoms with van der Waals surface area (Å²) in [7, 11) is 6.12. The van der Waals surface area contributed by atoms with Crippen LogP contribution < -0.4 is 5.32 Å². The lowest BCUT2D eigenvalue weighted by molar-refractivity contribution is 0.199. The van der Waals surface area contributed by atoms with E-state index < -0.39 is 0 Å². The van der Waals surface area contributed by atoms with Crippen LogP contribution in [0.25, 0.3) is 0 Å². The maximum atomic E-state index is 4.99. The van der Waals surface area contributed by atoms with Crippen LogP contribution in [0.5, 0.6) is 0 Å². The molecule has 4 heteroatoms. The molecular weight excluding hydrogens is 214 g/mol. The van der Waals surface area contributed by atoms with E-state index in [0.717, 1.165) is 25.7 Å². The highest BCUT2D eigenvalue weighted by atomic mass is 16.5. The summed E-state index contributed by atoms with van der Waals surface area (Å²) in [5.41, 5.74) is 0. The first kappa shape index (κ1) is 14.9. The summed E-state index contributed by atoms with van der Waals surface area (Å²) in [5.74, 6) is 0. The molecule has 0 bridgehead atoms.